The first-order chi connectivity index (χ1) is 10.8. The van der Waals surface area contributed by atoms with Gasteiger partial charge in [0.2, 0.25) is 0 Å². The summed E-state index contributed by atoms with van der Waals surface area (Å²) in [5.41, 5.74) is 0.768. The molecule has 4 N–H and O–H groups in total. The smallest absolute Gasteiger partial charge is 0.408 e. The lowest BCUT2D eigenvalue weighted by Crippen LogP contribution is -2.53. The maximum atomic E-state index is 11.7. The van der Waals surface area contributed by atoms with Crippen molar-refractivity contribution in [2.24, 2.45) is 0 Å². The van der Waals surface area contributed by atoms with Gasteiger partial charge >= 0.3 is 12.1 Å². The largest absolute Gasteiger partial charge is 0.480 e. The van der Waals surface area contributed by atoms with Crippen LogP contribution < -0.4 is 5.32 Å². The van der Waals surface area contributed by atoms with E-state index in [2.05, 4.69) is 5.32 Å². The molecule has 0 saturated carbocycles. The van der Waals surface area contributed by atoms with E-state index in [0.29, 0.717) is 0 Å². The zero-order chi connectivity index (χ0) is 17.4. The average molecular weight is 326 g/mol. The lowest BCUT2D eigenvalue weighted by atomic mass is 10.2. The van der Waals surface area contributed by atoms with E-state index in [1.54, 1.807) is 24.3 Å². The van der Waals surface area contributed by atoms with Crippen LogP contribution in [0.1, 0.15) is 19.4 Å². The van der Waals surface area contributed by atoms with Crippen molar-refractivity contribution < 1.29 is 29.6 Å². The molecule has 0 saturated heterocycles. The second-order valence-electron chi connectivity index (χ2n) is 5.06. The van der Waals surface area contributed by atoms with E-state index < -0.39 is 30.6 Å². The van der Waals surface area contributed by atoms with Gasteiger partial charge in [-0.05, 0) is 19.4 Å². The number of carbonyl (C=O) groups is 2. The zero-order valence-corrected chi connectivity index (χ0v) is 13.0. The molecule has 128 valence electrons. The minimum Gasteiger partial charge on any atom is -0.480 e. The van der Waals surface area contributed by atoms with Crippen LogP contribution in [0.2, 0.25) is 0 Å². The fraction of sp³-hybridized carbons (Fsp3) is 0.467. The Morgan fingerprint density at radius 2 is 1.74 bits per heavy atom. The maximum absolute atomic E-state index is 11.7. The van der Waals surface area contributed by atoms with Gasteiger partial charge in [0, 0.05) is 6.54 Å². The number of aliphatic hydroxyl groups is 2. The molecule has 23 heavy (non-hydrogen) atoms. The molecule has 0 aliphatic rings. The van der Waals surface area contributed by atoms with Crippen molar-refractivity contribution >= 4 is 12.1 Å². The van der Waals surface area contributed by atoms with Gasteiger partial charge in [-0.3, -0.25) is 4.90 Å². The maximum Gasteiger partial charge on any atom is 0.408 e. The Labute approximate surface area is 134 Å². The van der Waals surface area contributed by atoms with Gasteiger partial charge in [-0.25, -0.2) is 9.59 Å². The number of nitrogens with one attached hydrogen (secondary N) is 1. The summed E-state index contributed by atoms with van der Waals surface area (Å²) < 4.78 is 4.95. The molecule has 0 aliphatic heterocycles. The number of rotatable bonds is 8. The summed E-state index contributed by atoms with van der Waals surface area (Å²) in [4.78, 5) is 24.1. The number of aliphatic hydroxyl groups excluding tert-OH is 2. The quantitative estimate of drug-likeness (QED) is 0.509. The van der Waals surface area contributed by atoms with E-state index in [0.717, 1.165) is 10.5 Å². The van der Waals surface area contributed by atoms with Crippen molar-refractivity contribution in [1.29, 1.82) is 0 Å². The highest BCUT2D eigenvalue weighted by molar-refractivity contribution is 5.80. The molecular formula is C15H22N2O6. The van der Waals surface area contributed by atoms with Gasteiger partial charge in [0.05, 0.1) is 0 Å². The van der Waals surface area contributed by atoms with Gasteiger partial charge in [-0.2, -0.15) is 0 Å². The van der Waals surface area contributed by atoms with Crippen LogP contribution >= 0.6 is 0 Å². The first kappa shape index (κ1) is 18.9. The fourth-order valence-electron chi connectivity index (χ4n) is 1.92. The number of hydrogen-bond donors (Lipinski definition) is 4. The molecule has 8 nitrogen and oxygen atoms in total. The molecule has 0 heterocycles. The van der Waals surface area contributed by atoms with Crippen LogP contribution in [0.5, 0.6) is 0 Å². The van der Waals surface area contributed by atoms with E-state index in [9.17, 15) is 19.8 Å². The summed E-state index contributed by atoms with van der Waals surface area (Å²) in [7, 11) is 0. The summed E-state index contributed by atoms with van der Waals surface area (Å²) in [5, 5.41) is 30.4. The van der Waals surface area contributed by atoms with E-state index >= 15 is 0 Å². The van der Waals surface area contributed by atoms with E-state index in [-0.39, 0.29) is 13.2 Å². The highest BCUT2D eigenvalue weighted by Crippen LogP contribution is 2.05. The Morgan fingerprint density at radius 3 is 2.22 bits per heavy atom. The van der Waals surface area contributed by atoms with Gasteiger partial charge in [-0.1, -0.05) is 30.3 Å². The number of carboxylic acids is 1. The number of hydrogen-bond acceptors (Lipinski definition) is 6. The molecule has 0 aromatic heterocycles. The summed E-state index contributed by atoms with van der Waals surface area (Å²) in [6, 6.07) is 7.61. The predicted octanol–water partition coefficient (Wildman–Crippen LogP) is 0.345. The van der Waals surface area contributed by atoms with Crippen LogP contribution in [0, 0.1) is 0 Å². The molecule has 1 aromatic carbocycles. The molecule has 1 rings (SSSR count). The van der Waals surface area contributed by atoms with Gasteiger partial charge in [0.15, 0.2) is 0 Å². The van der Waals surface area contributed by atoms with Crippen molar-refractivity contribution in [3.63, 3.8) is 0 Å². The summed E-state index contributed by atoms with van der Waals surface area (Å²) >= 11 is 0. The Kier molecular flexibility index (Phi) is 7.46. The summed E-state index contributed by atoms with van der Waals surface area (Å²) in [5.74, 6) is -1.30. The van der Waals surface area contributed by atoms with Crippen molar-refractivity contribution in [2.45, 2.75) is 39.0 Å². The fourth-order valence-corrected chi connectivity index (χ4v) is 1.92. The molecule has 0 radical (unpaired) electrons. The first-order valence-corrected chi connectivity index (χ1v) is 7.13. The zero-order valence-electron chi connectivity index (χ0n) is 13.0. The van der Waals surface area contributed by atoms with Crippen LogP contribution in [-0.2, 0) is 16.1 Å². The minimum atomic E-state index is -1.33. The van der Waals surface area contributed by atoms with Crippen molar-refractivity contribution in [2.75, 3.05) is 6.54 Å². The van der Waals surface area contributed by atoms with Gasteiger partial charge in [0.1, 0.15) is 25.1 Å². The molecule has 8 heteroatoms. The molecule has 0 unspecified atom stereocenters. The predicted molar refractivity (Wildman–Crippen MR) is 81.3 cm³/mol. The molecular weight excluding hydrogens is 304 g/mol. The monoisotopic (exact) mass is 326 g/mol. The molecule has 1 amide bonds. The van der Waals surface area contributed by atoms with Crippen LogP contribution in [0.3, 0.4) is 0 Å². The minimum absolute atomic E-state index is 0.00946. The van der Waals surface area contributed by atoms with Gasteiger partial charge in [-0.15, -0.1) is 0 Å². The lowest BCUT2D eigenvalue weighted by Gasteiger charge is -2.30. The van der Waals surface area contributed by atoms with Gasteiger partial charge in [0.25, 0.3) is 0 Å². The average Bonchev–Trinajstić information content (AvgIpc) is 2.49. The Hall–Kier alpha value is -2.16. The Bertz CT molecular complexity index is 498. The number of amides is 1. The number of alkyl carbamates (subject to hydrolysis) is 1. The number of carbonyl (C=O) groups excluding carboxylic acids is 1. The number of carboxylic acid groups (broad SMARTS) is 1. The van der Waals surface area contributed by atoms with Gasteiger partial charge < -0.3 is 25.4 Å². The highest BCUT2D eigenvalue weighted by atomic mass is 16.5. The third-order valence-electron chi connectivity index (χ3n) is 3.16. The van der Waals surface area contributed by atoms with E-state index in [1.165, 1.54) is 13.8 Å². The van der Waals surface area contributed by atoms with Crippen molar-refractivity contribution in [3.05, 3.63) is 35.9 Å². The topological polar surface area (TPSA) is 119 Å². The van der Waals surface area contributed by atoms with Crippen molar-refractivity contribution in [1.82, 2.24) is 10.2 Å². The standard InChI is InChI=1S/C15H22N2O6/c1-10(18)17(11(2)19)8-13(14(20)21)16-15(22)23-9-12-6-4-3-5-7-12/h3-7,10-11,13,18-19H,8-9H2,1-2H3,(H,16,22)(H,20,21)/t10-,11+,13-/m1/s1. The normalized spacial score (nSPS) is 14.8. The van der Waals surface area contributed by atoms with Crippen LogP contribution in [-0.4, -0.2) is 57.3 Å². The number of aliphatic carboxylic acids is 1. The molecule has 0 bridgehead atoms. The SMILES string of the molecule is C[C@H](O)N(C[C@@H](NC(=O)OCc1ccccc1)C(=O)O)[C@@H](C)O. The Balaban J connectivity index is 2.57. The number of benzene rings is 1. The lowest BCUT2D eigenvalue weighted by molar-refractivity contribution is -0.143. The van der Waals surface area contributed by atoms with Crippen LogP contribution in [0.4, 0.5) is 4.79 Å². The van der Waals surface area contributed by atoms with Crippen LogP contribution in [0.15, 0.2) is 30.3 Å². The first-order valence-electron chi connectivity index (χ1n) is 7.13. The second kappa shape index (κ2) is 9.09. The Morgan fingerprint density at radius 1 is 1.17 bits per heavy atom. The third-order valence-corrected chi connectivity index (χ3v) is 3.16. The molecule has 0 spiro atoms. The van der Waals surface area contributed by atoms with E-state index in [4.69, 9.17) is 9.84 Å². The molecule has 0 fully saturated rings. The number of nitrogens with zero attached hydrogens (tertiary/aromatic N) is 1. The highest BCUT2D eigenvalue weighted by Gasteiger charge is 2.27. The third kappa shape index (κ3) is 6.64. The second-order valence-corrected chi connectivity index (χ2v) is 5.06. The van der Waals surface area contributed by atoms with E-state index in [1.807, 2.05) is 6.07 Å². The van der Waals surface area contributed by atoms with Crippen LogP contribution in [0.25, 0.3) is 0 Å². The molecule has 3 atom stereocenters. The number of ether oxygens (including phenoxy) is 1. The molecule has 1 aromatic rings. The van der Waals surface area contributed by atoms with Crippen molar-refractivity contribution in [3.8, 4) is 0 Å². The summed E-state index contributed by atoms with van der Waals surface area (Å²) in [6.07, 6.45) is -3.03. The molecule has 0 aliphatic carbocycles. The summed E-state index contributed by atoms with van der Waals surface area (Å²) in [6.45, 7) is 2.51.